The molecule has 1 aliphatic carbocycles. The van der Waals surface area contributed by atoms with E-state index in [0.717, 1.165) is 6.26 Å². The Morgan fingerprint density at radius 1 is 1.39 bits per heavy atom. The summed E-state index contributed by atoms with van der Waals surface area (Å²) >= 11 is 0. The molecule has 1 fully saturated rings. The van der Waals surface area contributed by atoms with E-state index < -0.39 is 32.4 Å². The van der Waals surface area contributed by atoms with E-state index in [1.54, 1.807) is 25.1 Å². The summed E-state index contributed by atoms with van der Waals surface area (Å²) in [6, 6.07) is 5.16. The third-order valence-corrected chi connectivity index (χ3v) is 6.08. The summed E-state index contributed by atoms with van der Waals surface area (Å²) in [5.41, 5.74) is 5.25. The van der Waals surface area contributed by atoms with Crippen molar-refractivity contribution in [2.24, 2.45) is 11.1 Å². The van der Waals surface area contributed by atoms with E-state index >= 15 is 0 Å². The molecule has 3 rings (SSSR count). The van der Waals surface area contributed by atoms with Crippen molar-refractivity contribution in [3.8, 4) is 11.5 Å². The molecule has 0 bridgehead atoms. The number of ether oxygens (including phenoxy) is 3. The molecule has 126 valence electrons. The Morgan fingerprint density at radius 3 is 2.70 bits per heavy atom. The van der Waals surface area contributed by atoms with Gasteiger partial charge in [0.2, 0.25) is 6.79 Å². The van der Waals surface area contributed by atoms with Gasteiger partial charge in [-0.25, -0.2) is 8.42 Å². The third-order valence-electron chi connectivity index (χ3n) is 4.47. The van der Waals surface area contributed by atoms with Gasteiger partial charge in [0.05, 0.1) is 11.9 Å². The average molecular weight is 341 g/mol. The Labute approximate surface area is 134 Å². The highest BCUT2D eigenvalue weighted by Crippen LogP contribution is 2.63. The van der Waals surface area contributed by atoms with Crippen LogP contribution < -0.4 is 15.2 Å². The lowest BCUT2D eigenvalue weighted by Crippen LogP contribution is -2.33. The monoisotopic (exact) mass is 341 g/mol. The zero-order valence-corrected chi connectivity index (χ0v) is 13.8. The van der Waals surface area contributed by atoms with Crippen LogP contribution >= 0.6 is 0 Å². The highest BCUT2D eigenvalue weighted by Gasteiger charge is 2.74. The number of benzene rings is 1. The standard InChI is InChI=1S/C15H19NO6S/c1-3-20-14(17)15(7-16)12(13(15)23(2,18)19)9-4-5-10-11(6-9)22-8-21-10/h4-6,12-13H,3,7-8,16H2,1-2H3/t12-,13+,15+/m1/s1. The zero-order valence-electron chi connectivity index (χ0n) is 12.9. The highest BCUT2D eigenvalue weighted by atomic mass is 32.2. The minimum atomic E-state index is -3.48. The predicted octanol–water partition coefficient (Wildman–Crippen LogP) is 0.434. The van der Waals surface area contributed by atoms with Crippen LogP contribution in [0.4, 0.5) is 0 Å². The molecule has 0 aromatic heterocycles. The Morgan fingerprint density at radius 2 is 2.09 bits per heavy atom. The molecule has 1 aromatic carbocycles. The van der Waals surface area contributed by atoms with Crippen molar-refractivity contribution in [2.75, 3.05) is 26.2 Å². The van der Waals surface area contributed by atoms with Crippen LogP contribution in [-0.2, 0) is 19.4 Å². The fourth-order valence-electron chi connectivity index (χ4n) is 3.45. The number of carbonyl (C=O) groups is 1. The normalized spacial score (nSPS) is 28.5. The van der Waals surface area contributed by atoms with Crippen molar-refractivity contribution in [1.82, 2.24) is 0 Å². The first-order valence-corrected chi connectivity index (χ1v) is 9.27. The second-order valence-corrected chi connectivity index (χ2v) is 7.97. The number of hydrogen-bond acceptors (Lipinski definition) is 7. The molecule has 23 heavy (non-hydrogen) atoms. The van der Waals surface area contributed by atoms with Crippen LogP contribution in [0.5, 0.6) is 11.5 Å². The lowest BCUT2D eigenvalue weighted by Gasteiger charge is -2.14. The summed E-state index contributed by atoms with van der Waals surface area (Å²) in [5, 5.41) is -0.889. The summed E-state index contributed by atoms with van der Waals surface area (Å²) < 4.78 is 40.0. The second-order valence-electron chi connectivity index (χ2n) is 5.81. The molecule has 0 spiro atoms. The van der Waals surface area contributed by atoms with Crippen molar-refractivity contribution in [2.45, 2.75) is 18.1 Å². The van der Waals surface area contributed by atoms with Crippen LogP contribution in [0.2, 0.25) is 0 Å². The summed E-state index contributed by atoms with van der Waals surface area (Å²) in [5.74, 6) is 0.0212. The van der Waals surface area contributed by atoms with Gasteiger partial charge in [-0.15, -0.1) is 0 Å². The van der Waals surface area contributed by atoms with Crippen LogP contribution in [0, 0.1) is 5.41 Å². The van der Waals surface area contributed by atoms with E-state index in [2.05, 4.69) is 0 Å². The van der Waals surface area contributed by atoms with Crippen LogP contribution in [0.3, 0.4) is 0 Å². The predicted molar refractivity (Wildman–Crippen MR) is 82.1 cm³/mol. The van der Waals surface area contributed by atoms with Crippen molar-refractivity contribution in [3.63, 3.8) is 0 Å². The molecule has 1 heterocycles. The van der Waals surface area contributed by atoms with Crippen LogP contribution in [0.25, 0.3) is 0 Å². The molecule has 7 nitrogen and oxygen atoms in total. The molecular weight excluding hydrogens is 322 g/mol. The van der Waals surface area contributed by atoms with E-state index in [1.165, 1.54) is 0 Å². The van der Waals surface area contributed by atoms with Gasteiger partial charge in [0.25, 0.3) is 0 Å². The van der Waals surface area contributed by atoms with Crippen molar-refractivity contribution >= 4 is 15.8 Å². The number of sulfone groups is 1. The van der Waals surface area contributed by atoms with Gasteiger partial charge in [-0.3, -0.25) is 4.79 Å². The first-order valence-electron chi connectivity index (χ1n) is 7.32. The van der Waals surface area contributed by atoms with Crippen LogP contribution in [0.15, 0.2) is 18.2 Å². The van der Waals surface area contributed by atoms with Gasteiger partial charge in [-0.2, -0.15) is 0 Å². The molecule has 1 aliphatic heterocycles. The largest absolute Gasteiger partial charge is 0.465 e. The minimum absolute atomic E-state index is 0.0946. The first-order chi connectivity index (χ1) is 10.9. The molecule has 2 N–H and O–H groups in total. The topological polar surface area (TPSA) is 105 Å². The van der Waals surface area contributed by atoms with Gasteiger partial charge < -0.3 is 19.9 Å². The fraction of sp³-hybridized carbons (Fsp3) is 0.533. The SMILES string of the molecule is CCOC(=O)[C@@]1(CN)[C@H](c2ccc3c(c2)OCO3)[C@@H]1S(C)(=O)=O. The number of rotatable bonds is 5. The minimum Gasteiger partial charge on any atom is -0.465 e. The Bertz CT molecular complexity index is 746. The number of hydrogen-bond donors (Lipinski definition) is 1. The van der Waals surface area contributed by atoms with E-state index in [4.69, 9.17) is 19.9 Å². The maximum Gasteiger partial charge on any atom is 0.315 e. The molecule has 2 aliphatic rings. The number of fused-ring (bicyclic) bond motifs is 1. The summed E-state index contributed by atoms with van der Waals surface area (Å²) in [7, 11) is -3.48. The first kappa shape index (κ1) is 16.1. The molecule has 1 aromatic rings. The number of esters is 1. The van der Waals surface area contributed by atoms with Gasteiger partial charge in [0, 0.05) is 18.7 Å². The van der Waals surface area contributed by atoms with E-state index in [1.807, 2.05) is 0 Å². The third kappa shape index (κ3) is 2.36. The molecule has 0 radical (unpaired) electrons. The summed E-state index contributed by atoms with van der Waals surface area (Å²) in [6.07, 6.45) is 1.12. The quantitative estimate of drug-likeness (QED) is 0.774. The molecule has 3 atom stereocenters. The van der Waals surface area contributed by atoms with E-state index in [0.29, 0.717) is 17.1 Å². The van der Waals surface area contributed by atoms with Crippen molar-refractivity contribution in [1.29, 1.82) is 0 Å². The van der Waals surface area contributed by atoms with Crippen molar-refractivity contribution < 1.29 is 27.4 Å². The Hall–Kier alpha value is -1.80. The van der Waals surface area contributed by atoms with Gasteiger partial charge >= 0.3 is 5.97 Å². The second kappa shape index (κ2) is 5.38. The molecule has 0 saturated heterocycles. The maximum atomic E-state index is 12.4. The number of nitrogens with two attached hydrogens (primary N) is 1. The van der Waals surface area contributed by atoms with Gasteiger partial charge in [0.1, 0.15) is 5.41 Å². The van der Waals surface area contributed by atoms with Crippen molar-refractivity contribution in [3.05, 3.63) is 23.8 Å². The van der Waals surface area contributed by atoms with Gasteiger partial charge in [-0.1, -0.05) is 6.07 Å². The molecule has 8 heteroatoms. The van der Waals surface area contributed by atoms with E-state index in [9.17, 15) is 13.2 Å². The lowest BCUT2D eigenvalue weighted by molar-refractivity contribution is -0.149. The highest BCUT2D eigenvalue weighted by molar-refractivity contribution is 7.91. The zero-order chi connectivity index (χ0) is 16.8. The van der Waals surface area contributed by atoms with Gasteiger partial charge in [0.15, 0.2) is 21.3 Å². The van der Waals surface area contributed by atoms with Crippen LogP contribution in [-0.4, -0.2) is 45.8 Å². The van der Waals surface area contributed by atoms with Gasteiger partial charge in [-0.05, 0) is 24.6 Å². The summed E-state index contributed by atoms with van der Waals surface area (Å²) in [6.45, 7) is 1.88. The fourth-order valence-corrected chi connectivity index (χ4v) is 5.37. The maximum absolute atomic E-state index is 12.4. The molecule has 1 saturated carbocycles. The number of carbonyl (C=O) groups excluding carboxylic acids is 1. The molecule has 0 unspecified atom stereocenters. The Balaban J connectivity index is 2.04. The Kier molecular flexibility index (Phi) is 3.76. The lowest BCUT2D eigenvalue weighted by atomic mass is 9.99. The summed E-state index contributed by atoms with van der Waals surface area (Å²) in [4.78, 5) is 12.4. The smallest absolute Gasteiger partial charge is 0.315 e. The van der Waals surface area contributed by atoms with E-state index in [-0.39, 0.29) is 19.9 Å². The average Bonchev–Trinajstić information content (AvgIpc) is 3.00. The molecule has 0 amide bonds. The molecular formula is C15H19NO6S. The van der Waals surface area contributed by atoms with Crippen LogP contribution in [0.1, 0.15) is 18.4 Å².